The Hall–Kier alpha value is -0.910. The first-order valence-electron chi connectivity index (χ1n) is 4.38. The van der Waals surface area contributed by atoms with Gasteiger partial charge in [-0.3, -0.25) is 9.59 Å². The number of carbonyl (C=O) groups is 2. The fraction of sp³-hybridized carbons (Fsp3) is 0.750. The van der Waals surface area contributed by atoms with Crippen molar-refractivity contribution in [3.8, 4) is 0 Å². The molecule has 1 N–H and O–H groups in total. The Kier molecular flexibility index (Phi) is 3.25. The second-order valence-electron chi connectivity index (χ2n) is 3.52. The van der Waals surface area contributed by atoms with E-state index in [0.717, 1.165) is 0 Å². The van der Waals surface area contributed by atoms with Gasteiger partial charge in [0.05, 0.1) is 24.0 Å². The molecule has 1 aliphatic heterocycles. The van der Waals surface area contributed by atoms with Gasteiger partial charge in [-0.25, -0.2) is 8.42 Å². The molecule has 1 rings (SSSR count). The highest BCUT2D eigenvalue weighted by Gasteiger charge is 2.32. The lowest BCUT2D eigenvalue weighted by Gasteiger charge is -2.07. The summed E-state index contributed by atoms with van der Waals surface area (Å²) in [5.41, 5.74) is 0. The van der Waals surface area contributed by atoms with E-state index in [1.807, 2.05) is 0 Å². The van der Waals surface area contributed by atoms with Crippen LogP contribution in [0.2, 0.25) is 0 Å². The van der Waals surface area contributed by atoms with Crippen LogP contribution in [0.15, 0.2) is 0 Å². The van der Waals surface area contributed by atoms with Crippen molar-refractivity contribution in [3.05, 3.63) is 0 Å². The van der Waals surface area contributed by atoms with Crippen LogP contribution < -0.4 is 5.32 Å². The third-order valence-corrected chi connectivity index (χ3v) is 3.88. The molecule has 0 aromatic rings. The average molecular weight is 219 g/mol. The van der Waals surface area contributed by atoms with E-state index in [2.05, 4.69) is 5.32 Å². The molecule has 1 atom stereocenters. The monoisotopic (exact) mass is 219 g/mol. The first-order chi connectivity index (χ1) is 6.41. The fourth-order valence-electron chi connectivity index (χ4n) is 1.36. The summed E-state index contributed by atoms with van der Waals surface area (Å²) < 4.78 is 22.1. The lowest BCUT2D eigenvalue weighted by molar-refractivity contribution is -0.126. The third kappa shape index (κ3) is 3.10. The molecule has 0 aromatic carbocycles. The number of Topliss-reactive ketones (excluding diaryl/α,β-unsaturated/α-hetero) is 1. The number of rotatable bonds is 3. The molecule has 6 heteroatoms. The Balaban J connectivity index is 2.44. The number of nitrogens with one attached hydrogen (secondary N) is 1. The highest BCUT2D eigenvalue weighted by Crippen LogP contribution is 2.18. The number of amides is 1. The molecule has 1 saturated heterocycles. The molecule has 5 nitrogen and oxygen atoms in total. The van der Waals surface area contributed by atoms with Crippen molar-refractivity contribution in [2.24, 2.45) is 5.92 Å². The van der Waals surface area contributed by atoms with E-state index < -0.39 is 15.8 Å². The number of carbonyl (C=O) groups excluding carboxylic acids is 2. The second-order valence-corrected chi connectivity index (χ2v) is 5.75. The van der Waals surface area contributed by atoms with Gasteiger partial charge in [0.2, 0.25) is 5.91 Å². The van der Waals surface area contributed by atoms with Crippen molar-refractivity contribution in [1.29, 1.82) is 0 Å². The lowest BCUT2D eigenvalue weighted by atomic mass is 10.1. The smallest absolute Gasteiger partial charge is 0.224 e. The minimum Gasteiger partial charge on any atom is -0.349 e. The highest BCUT2D eigenvalue weighted by molar-refractivity contribution is 7.91. The van der Waals surface area contributed by atoms with E-state index in [0.29, 0.717) is 6.42 Å². The summed E-state index contributed by atoms with van der Waals surface area (Å²) in [5.74, 6) is -0.957. The molecule has 1 fully saturated rings. The Morgan fingerprint density at radius 3 is 2.50 bits per heavy atom. The fourth-order valence-corrected chi connectivity index (χ4v) is 3.10. The van der Waals surface area contributed by atoms with E-state index in [1.165, 1.54) is 6.92 Å². The molecule has 14 heavy (non-hydrogen) atoms. The van der Waals surface area contributed by atoms with E-state index in [1.54, 1.807) is 0 Å². The Labute approximate surface area is 82.8 Å². The lowest BCUT2D eigenvalue weighted by Crippen LogP contribution is -2.34. The summed E-state index contributed by atoms with van der Waals surface area (Å²) in [4.78, 5) is 21.9. The largest absolute Gasteiger partial charge is 0.349 e. The Bertz CT molecular complexity index is 346. The standard InChI is InChI=1S/C8H13NO4S/c1-6(10)4-9-8(11)7-2-3-14(12,13)5-7/h7H,2-5H2,1H3,(H,9,11). The van der Waals surface area contributed by atoms with Gasteiger partial charge in [0, 0.05) is 0 Å². The summed E-state index contributed by atoms with van der Waals surface area (Å²) in [6, 6.07) is 0. The summed E-state index contributed by atoms with van der Waals surface area (Å²) in [6.07, 6.45) is 0.367. The predicted molar refractivity (Wildman–Crippen MR) is 50.5 cm³/mol. The third-order valence-electron chi connectivity index (χ3n) is 2.11. The van der Waals surface area contributed by atoms with Gasteiger partial charge >= 0.3 is 0 Å². The second kappa shape index (κ2) is 4.08. The molecule has 1 heterocycles. The first-order valence-corrected chi connectivity index (χ1v) is 6.20. The molecule has 1 unspecified atom stereocenters. The molecule has 0 aliphatic carbocycles. The number of hydrogen-bond acceptors (Lipinski definition) is 4. The molecular formula is C8H13NO4S. The van der Waals surface area contributed by atoms with Gasteiger partial charge in [-0.2, -0.15) is 0 Å². The molecule has 1 amide bonds. The van der Waals surface area contributed by atoms with Gasteiger partial charge in [0.1, 0.15) is 5.78 Å². The zero-order valence-electron chi connectivity index (χ0n) is 7.95. The minimum atomic E-state index is -3.02. The van der Waals surface area contributed by atoms with Crippen molar-refractivity contribution >= 4 is 21.5 Å². The van der Waals surface area contributed by atoms with E-state index in [9.17, 15) is 18.0 Å². The van der Waals surface area contributed by atoms with Crippen LogP contribution >= 0.6 is 0 Å². The molecule has 0 bridgehead atoms. The number of ketones is 1. The molecular weight excluding hydrogens is 206 g/mol. The van der Waals surface area contributed by atoms with Gasteiger partial charge in [-0.15, -0.1) is 0 Å². The number of sulfone groups is 1. The summed E-state index contributed by atoms with van der Waals surface area (Å²) >= 11 is 0. The van der Waals surface area contributed by atoms with Gasteiger partial charge < -0.3 is 5.32 Å². The maximum absolute atomic E-state index is 11.3. The van der Waals surface area contributed by atoms with Crippen molar-refractivity contribution in [2.45, 2.75) is 13.3 Å². The normalized spacial score (nSPS) is 24.5. The van der Waals surface area contributed by atoms with E-state index >= 15 is 0 Å². The maximum Gasteiger partial charge on any atom is 0.224 e. The minimum absolute atomic E-state index is 0.0185. The number of hydrogen-bond donors (Lipinski definition) is 1. The van der Waals surface area contributed by atoms with E-state index in [-0.39, 0.29) is 29.7 Å². The van der Waals surface area contributed by atoms with Gasteiger partial charge in [-0.05, 0) is 13.3 Å². The van der Waals surface area contributed by atoms with Crippen LogP contribution in [0.1, 0.15) is 13.3 Å². The van der Waals surface area contributed by atoms with Crippen molar-refractivity contribution < 1.29 is 18.0 Å². The van der Waals surface area contributed by atoms with Crippen LogP contribution in [0.25, 0.3) is 0 Å². The van der Waals surface area contributed by atoms with Crippen molar-refractivity contribution in [1.82, 2.24) is 5.32 Å². The molecule has 0 spiro atoms. The van der Waals surface area contributed by atoms with Crippen LogP contribution in [0.4, 0.5) is 0 Å². The highest BCUT2D eigenvalue weighted by atomic mass is 32.2. The zero-order chi connectivity index (χ0) is 10.8. The van der Waals surface area contributed by atoms with Gasteiger partial charge in [0.15, 0.2) is 9.84 Å². The van der Waals surface area contributed by atoms with Crippen LogP contribution in [0.5, 0.6) is 0 Å². The van der Waals surface area contributed by atoms with Crippen LogP contribution in [0, 0.1) is 5.92 Å². The molecule has 0 saturated carbocycles. The van der Waals surface area contributed by atoms with Crippen molar-refractivity contribution in [3.63, 3.8) is 0 Å². The van der Waals surface area contributed by atoms with Gasteiger partial charge in [-0.1, -0.05) is 0 Å². The molecule has 80 valence electrons. The predicted octanol–water partition coefficient (Wildman–Crippen LogP) is -0.874. The average Bonchev–Trinajstić information content (AvgIpc) is 2.41. The molecule has 1 aliphatic rings. The molecule has 0 aromatic heterocycles. The van der Waals surface area contributed by atoms with E-state index in [4.69, 9.17) is 0 Å². The maximum atomic E-state index is 11.3. The SMILES string of the molecule is CC(=O)CNC(=O)C1CCS(=O)(=O)C1. The van der Waals surface area contributed by atoms with Crippen LogP contribution in [0.3, 0.4) is 0 Å². The summed E-state index contributed by atoms with van der Waals surface area (Å²) in [7, 11) is -3.02. The van der Waals surface area contributed by atoms with Crippen LogP contribution in [-0.2, 0) is 19.4 Å². The van der Waals surface area contributed by atoms with Crippen LogP contribution in [-0.4, -0.2) is 38.2 Å². The zero-order valence-corrected chi connectivity index (χ0v) is 8.76. The Morgan fingerprint density at radius 2 is 2.07 bits per heavy atom. The van der Waals surface area contributed by atoms with Gasteiger partial charge in [0.25, 0.3) is 0 Å². The topological polar surface area (TPSA) is 80.3 Å². The first kappa shape index (κ1) is 11.2. The summed E-state index contributed by atoms with van der Waals surface area (Å²) in [5, 5.41) is 2.41. The molecule has 0 radical (unpaired) electrons. The quantitative estimate of drug-likeness (QED) is 0.669. The van der Waals surface area contributed by atoms with Crippen molar-refractivity contribution in [2.75, 3.05) is 18.1 Å². The summed E-state index contributed by atoms with van der Waals surface area (Å²) in [6.45, 7) is 1.35. The Morgan fingerprint density at radius 1 is 1.43 bits per heavy atom.